The molecule has 0 radical (unpaired) electrons. The van der Waals surface area contributed by atoms with Gasteiger partial charge < -0.3 is 56.8 Å². The van der Waals surface area contributed by atoms with E-state index in [1.165, 1.54) is 6.42 Å². The van der Waals surface area contributed by atoms with E-state index in [-0.39, 0.29) is 125 Å². The van der Waals surface area contributed by atoms with Crippen molar-refractivity contribution in [3.05, 3.63) is 0 Å². The highest BCUT2D eigenvalue weighted by Gasteiger charge is 2.75. The quantitative estimate of drug-likeness (QED) is 0.0856. The van der Waals surface area contributed by atoms with E-state index in [1.54, 1.807) is 20.8 Å². The Balaban J connectivity index is 0.000000132. The first-order valence-corrected chi connectivity index (χ1v) is 39.8. The summed E-state index contributed by atoms with van der Waals surface area (Å²) in [6.07, 6.45) is 14.4. The fourth-order valence-corrected chi connectivity index (χ4v) is 20.2. The Labute approximate surface area is 617 Å². The molecule has 584 valence electrons. The highest BCUT2D eigenvalue weighted by Crippen LogP contribution is 2.64. The van der Waals surface area contributed by atoms with Gasteiger partial charge in [-0.15, -0.1) is 0 Å². The smallest absolute Gasteiger partial charge is 0.311 e. The van der Waals surface area contributed by atoms with Gasteiger partial charge in [0, 0.05) is 47.3 Å². The Kier molecular flexibility index (Phi) is 21.8. The second-order valence-corrected chi connectivity index (χ2v) is 37.1. The molecule has 11 aliphatic carbocycles. The van der Waals surface area contributed by atoms with Crippen molar-refractivity contribution < 1.29 is 114 Å². The van der Waals surface area contributed by atoms with E-state index in [2.05, 4.69) is 0 Å². The molecule has 24 unspecified atom stereocenters. The molecule has 15 fully saturated rings. The van der Waals surface area contributed by atoms with Crippen molar-refractivity contribution in [3.8, 4) is 0 Å². The van der Waals surface area contributed by atoms with E-state index in [0.29, 0.717) is 51.4 Å². The number of rotatable bonds is 19. The predicted molar refractivity (Wildman–Crippen MR) is 370 cm³/mol. The third kappa shape index (κ3) is 14.6. The maximum absolute atomic E-state index is 13.0. The zero-order valence-corrected chi connectivity index (χ0v) is 64.7. The zero-order valence-electron chi connectivity index (χ0n) is 64.7. The van der Waals surface area contributed by atoms with Crippen molar-refractivity contribution in [2.75, 3.05) is 0 Å². The van der Waals surface area contributed by atoms with Crippen molar-refractivity contribution in [1.29, 1.82) is 0 Å². The second-order valence-electron chi connectivity index (χ2n) is 37.1. The second kappa shape index (κ2) is 29.2. The number of esters is 12. The summed E-state index contributed by atoms with van der Waals surface area (Å²) in [7, 11) is 0. The lowest BCUT2D eigenvalue weighted by atomic mass is 9.78. The van der Waals surface area contributed by atoms with Gasteiger partial charge in [0.25, 0.3) is 0 Å². The third-order valence-corrected chi connectivity index (χ3v) is 27.8. The molecule has 0 aromatic rings. The van der Waals surface area contributed by atoms with Crippen LogP contribution in [0.2, 0.25) is 0 Å². The molecule has 24 nitrogen and oxygen atoms in total. The average molecular weight is 1470 g/mol. The number of ether oxygens (including phenoxy) is 12. The molecule has 4 aliphatic heterocycles. The highest BCUT2D eigenvalue weighted by molar-refractivity contribution is 5.90. The van der Waals surface area contributed by atoms with Crippen LogP contribution in [0.5, 0.6) is 0 Å². The molecule has 24 heteroatoms. The molecule has 11 saturated carbocycles. The van der Waals surface area contributed by atoms with Crippen LogP contribution in [0.4, 0.5) is 0 Å². The Morgan fingerprint density at radius 1 is 0.352 bits per heavy atom. The Morgan fingerprint density at radius 2 is 0.610 bits per heavy atom. The minimum absolute atomic E-state index is 0.0313. The number of carbonyl (C=O) groups is 12. The SMILES string of the molecule is CCC(C)(C)C(=O)OC1C2CC3C1OC(=O)C3C2C(=O)OC(C)(C)C.CCC(C)(C)C(=O)OC1C2CC3C1OC(=O)C3C2C(=O)OC1(C)CCCC1.CCC(C)(C)C(=O)OC1C2CC3C1OC(=O)C3C2C(=O)OC1CCCC1.CCC(C)(C)C(=O)OC1C2CC3C1OC(=O)C3C2C(=O)OC1CCCCC1. The molecule has 0 aromatic heterocycles. The normalized spacial score (nSPS) is 37.9. The summed E-state index contributed by atoms with van der Waals surface area (Å²) in [5.74, 6) is -8.72. The molecule has 105 heavy (non-hydrogen) atoms. The van der Waals surface area contributed by atoms with E-state index in [0.717, 1.165) is 77.0 Å². The van der Waals surface area contributed by atoms with Crippen molar-refractivity contribution in [2.24, 2.45) is 116 Å². The van der Waals surface area contributed by atoms with E-state index in [9.17, 15) is 57.5 Å². The first kappa shape index (κ1) is 78.2. The van der Waals surface area contributed by atoms with Gasteiger partial charge in [-0.1, -0.05) is 34.1 Å². The summed E-state index contributed by atoms with van der Waals surface area (Å²) in [4.78, 5) is 151. The molecule has 15 aliphatic rings. The lowest BCUT2D eigenvalue weighted by Gasteiger charge is -2.34. The molecular formula is C81H116O24. The summed E-state index contributed by atoms with van der Waals surface area (Å²) in [6, 6.07) is 0. The van der Waals surface area contributed by atoms with Crippen molar-refractivity contribution >= 4 is 71.6 Å². The first-order chi connectivity index (χ1) is 49.3. The topological polar surface area (TPSA) is 316 Å². The Hall–Kier alpha value is -6.36. The molecule has 24 atom stereocenters. The van der Waals surface area contributed by atoms with Crippen LogP contribution in [0.25, 0.3) is 0 Å². The van der Waals surface area contributed by atoms with Gasteiger partial charge in [-0.05, 0) is 212 Å². The Morgan fingerprint density at radius 3 is 0.876 bits per heavy atom. The number of carbonyl (C=O) groups excluding carboxylic acids is 12. The van der Waals surface area contributed by atoms with Gasteiger partial charge in [0.05, 0.1) is 69.0 Å². The predicted octanol–water partition coefficient (Wildman–Crippen LogP) is 11.1. The minimum Gasteiger partial charge on any atom is -0.462 e. The van der Waals surface area contributed by atoms with Crippen molar-refractivity contribution in [2.45, 2.75) is 318 Å². The van der Waals surface area contributed by atoms with Gasteiger partial charge in [-0.25, -0.2) is 0 Å². The Bertz CT molecular complexity index is 3390. The largest absolute Gasteiger partial charge is 0.462 e. The van der Waals surface area contributed by atoms with Crippen molar-refractivity contribution in [3.63, 3.8) is 0 Å². The number of hydrogen-bond acceptors (Lipinski definition) is 24. The van der Waals surface area contributed by atoms with E-state index >= 15 is 0 Å². The summed E-state index contributed by atoms with van der Waals surface area (Å²) in [5, 5.41) is 0. The van der Waals surface area contributed by atoms with Gasteiger partial charge in [-0.3, -0.25) is 57.5 Å². The van der Waals surface area contributed by atoms with Crippen molar-refractivity contribution in [1.82, 2.24) is 0 Å². The summed E-state index contributed by atoms with van der Waals surface area (Å²) in [5.41, 5.74) is -3.46. The molecular weight excluding hydrogens is 1360 g/mol. The maximum atomic E-state index is 13.0. The monoisotopic (exact) mass is 1470 g/mol. The number of hydrogen-bond donors (Lipinski definition) is 0. The summed E-state index contributed by atoms with van der Waals surface area (Å²) in [6.45, 7) is 29.9. The maximum Gasteiger partial charge on any atom is 0.311 e. The van der Waals surface area contributed by atoms with Gasteiger partial charge in [0.2, 0.25) is 0 Å². The lowest BCUT2D eigenvalue weighted by Crippen LogP contribution is -2.46. The van der Waals surface area contributed by atoms with Crippen LogP contribution < -0.4 is 0 Å². The molecule has 15 rings (SSSR count). The zero-order chi connectivity index (χ0) is 76.3. The van der Waals surface area contributed by atoms with E-state index in [4.69, 9.17) is 56.8 Å². The van der Waals surface area contributed by atoms with Crippen LogP contribution in [0, 0.1) is 116 Å². The summed E-state index contributed by atoms with van der Waals surface area (Å²) >= 11 is 0. The van der Waals surface area contributed by atoms with Crippen LogP contribution in [0.15, 0.2) is 0 Å². The molecule has 0 N–H and O–H groups in total. The fourth-order valence-electron chi connectivity index (χ4n) is 20.2. The summed E-state index contributed by atoms with van der Waals surface area (Å²) < 4.78 is 68.2. The average Bonchev–Trinajstić information content (AvgIpc) is 1.58. The van der Waals surface area contributed by atoms with Gasteiger partial charge in [0.15, 0.2) is 0 Å². The van der Waals surface area contributed by atoms with E-state index in [1.807, 2.05) is 90.0 Å². The fraction of sp³-hybridized carbons (Fsp3) is 0.852. The van der Waals surface area contributed by atoms with Gasteiger partial charge >= 0.3 is 71.6 Å². The lowest BCUT2D eigenvalue weighted by molar-refractivity contribution is -0.177. The van der Waals surface area contributed by atoms with Gasteiger partial charge in [0.1, 0.15) is 72.2 Å². The van der Waals surface area contributed by atoms with Crippen LogP contribution in [0.3, 0.4) is 0 Å². The molecule has 4 heterocycles. The van der Waals surface area contributed by atoms with Crippen LogP contribution in [-0.4, -0.2) is 144 Å². The standard InChI is InChI=1S/2C21H30O6.C20H28O6.C19H28O6/c1-5-20(2,3)19(24)26-16-12-10-11-13(17(22)25-15(11)16)14(12)18(23)27-21(4)8-6-7-9-21;1-4-21(2,3)20(24)27-17-13-10-12-15(19(23)26-16(12)17)14(13)18(22)25-11-8-6-5-7-9-11;1-4-20(2,3)19(23)26-16-12-9-11-14(18(22)25-15(11)16)13(12)17(21)24-10-7-5-6-8-10;1-7-19(5,6)17(22)24-14-10-8-9-11(15(20)23-13(9)14)12(10)16(21)25-18(2,3)4/h11-16H,5-10H2,1-4H3;11-17H,4-10H2,1-3H3;10-16H,4-9H2,1-3H3;9-14H,7-8H2,1-6H3. The molecule has 8 bridgehead atoms. The molecule has 0 amide bonds. The molecule has 4 saturated heterocycles. The highest BCUT2D eigenvalue weighted by atomic mass is 16.6. The van der Waals surface area contributed by atoms with Gasteiger partial charge in [-0.2, -0.15) is 0 Å². The first-order valence-electron chi connectivity index (χ1n) is 39.8. The van der Waals surface area contributed by atoms with Crippen LogP contribution >= 0.6 is 0 Å². The van der Waals surface area contributed by atoms with Crippen LogP contribution in [0.1, 0.15) is 246 Å². The van der Waals surface area contributed by atoms with Crippen LogP contribution in [-0.2, 0) is 114 Å². The molecule has 0 aromatic carbocycles. The third-order valence-electron chi connectivity index (χ3n) is 27.8. The number of fused-ring (bicyclic) bond motifs is 4. The minimum atomic E-state index is -0.628. The molecule has 0 spiro atoms. The van der Waals surface area contributed by atoms with E-state index < -0.39 is 135 Å².